The van der Waals surface area contributed by atoms with Gasteiger partial charge < -0.3 is 14.8 Å². The van der Waals surface area contributed by atoms with E-state index in [1.807, 2.05) is 19.1 Å². The van der Waals surface area contributed by atoms with Crippen molar-refractivity contribution in [2.75, 3.05) is 18.5 Å². The Bertz CT molecular complexity index is 1200. The van der Waals surface area contributed by atoms with Crippen LogP contribution in [-0.2, 0) is 14.4 Å². The molecule has 1 saturated carbocycles. The maximum absolute atomic E-state index is 13.0. The Morgan fingerprint density at radius 1 is 1.06 bits per heavy atom. The number of carbonyl (C=O) groups is 3. The summed E-state index contributed by atoms with van der Waals surface area (Å²) < 4.78 is 24.3. The number of imide groups is 1. The summed E-state index contributed by atoms with van der Waals surface area (Å²) in [5, 5.41) is 7.80. The second kappa shape index (κ2) is 9.32. The van der Waals surface area contributed by atoms with Gasteiger partial charge in [0, 0.05) is 5.69 Å². The first kappa shape index (κ1) is 22.8. The van der Waals surface area contributed by atoms with Gasteiger partial charge in [-0.1, -0.05) is 12.2 Å². The Kier molecular flexibility index (Phi) is 6.07. The first-order chi connectivity index (χ1) is 16.9. The molecule has 3 aliphatic rings. The zero-order valence-electron chi connectivity index (χ0n) is 19.0. The summed E-state index contributed by atoms with van der Waals surface area (Å²) in [5.41, 5.74) is 1.06. The van der Waals surface area contributed by atoms with Crippen molar-refractivity contribution in [3.63, 3.8) is 0 Å². The third kappa shape index (κ3) is 4.41. The number of benzene rings is 2. The average Bonchev–Trinajstić information content (AvgIpc) is 3.53. The number of nitrogens with zero attached hydrogens (tertiary/aromatic N) is 2. The number of nitrogens with one attached hydrogen (secondary N) is 1. The molecule has 5 rings (SSSR count). The molecule has 1 saturated heterocycles. The topological polar surface area (TPSA) is 97.3 Å². The standard InChI is InChI=1S/C26H24FN3O5/c1-2-34-21-11-15(3-10-20(21)35-14-22(31)29-19-8-6-18(27)7-9-19)13-28-30-25(32)23-16-4-5-17(12-16)24(23)26(30)33/h3-11,13,16-17,23-24H,2,12,14H2,1H3,(H,29,31). The highest BCUT2D eigenvalue weighted by Gasteiger charge is 2.59. The van der Waals surface area contributed by atoms with Crippen molar-refractivity contribution in [2.24, 2.45) is 28.8 Å². The molecule has 0 spiro atoms. The van der Waals surface area contributed by atoms with Crippen molar-refractivity contribution in [1.29, 1.82) is 0 Å². The Balaban J connectivity index is 1.24. The molecule has 1 aliphatic heterocycles. The van der Waals surface area contributed by atoms with E-state index in [4.69, 9.17) is 9.47 Å². The molecule has 1 heterocycles. The normalized spacial score (nSPS) is 24.3. The number of anilines is 1. The number of hydrazone groups is 1. The van der Waals surface area contributed by atoms with Crippen LogP contribution in [0, 0.1) is 29.5 Å². The molecule has 9 heteroatoms. The molecule has 1 N–H and O–H groups in total. The van der Waals surface area contributed by atoms with Crippen LogP contribution in [0.15, 0.2) is 59.7 Å². The third-order valence-corrected chi connectivity index (χ3v) is 6.52. The van der Waals surface area contributed by atoms with Gasteiger partial charge in [-0.25, -0.2) is 4.39 Å². The number of fused-ring (bicyclic) bond motifs is 5. The van der Waals surface area contributed by atoms with Crippen LogP contribution in [0.5, 0.6) is 11.5 Å². The maximum Gasteiger partial charge on any atom is 0.262 e. The number of rotatable bonds is 8. The van der Waals surface area contributed by atoms with Gasteiger partial charge in [0.2, 0.25) is 0 Å². The third-order valence-electron chi connectivity index (χ3n) is 6.52. The number of amides is 3. The number of hydrogen-bond acceptors (Lipinski definition) is 6. The van der Waals surface area contributed by atoms with E-state index < -0.39 is 11.7 Å². The fourth-order valence-electron chi connectivity index (χ4n) is 4.99. The summed E-state index contributed by atoms with van der Waals surface area (Å²) in [6.07, 6.45) is 6.39. The Hall–Kier alpha value is -4.01. The van der Waals surface area contributed by atoms with E-state index in [9.17, 15) is 18.8 Å². The van der Waals surface area contributed by atoms with E-state index in [-0.39, 0.29) is 42.1 Å². The zero-order chi connectivity index (χ0) is 24.5. The van der Waals surface area contributed by atoms with Crippen molar-refractivity contribution in [3.8, 4) is 11.5 Å². The predicted octanol–water partition coefficient (Wildman–Crippen LogP) is 3.38. The lowest BCUT2D eigenvalue weighted by molar-refractivity contribution is -0.140. The second-order valence-electron chi connectivity index (χ2n) is 8.72. The van der Waals surface area contributed by atoms with E-state index in [1.165, 1.54) is 30.5 Å². The Morgan fingerprint density at radius 3 is 2.40 bits per heavy atom. The molecular weight excluding hydrogens is 453 g/mol. The van der Waals surface area contributed by atoms with Gasteiger partial charge in [0.25, 0.3) is 17.7 Å². The van der Waals surface area contributed by atoms with Crippen LogP contribution < -0.4 is 14.8 Å². The maximum atomic E-state index is 13.0. The van der Waals surface area contributed by atoms with Gasteiger partial charge in [-0.2, -0.15) is 10.1 Å². The van der Waals surface area contributed by atoms with Crippen LogP contribution in [-0.4, -0.2) is 42.2 Å². The van der Waals surface area contributed by atoms with Gasteiger partial charge in [-0.05, 0) is 73.2 Å². The first-order valence-electron chi connectivity index (χ1n) is 11.5. The van der Waals surface area contributed by atoms with Gasteiger partial charge in [0.15, 0.2) is 18.1 Å². The monoisotopic (exact) mass is 477 g/mol. The molecule has 2 aliphatic carbocycles. The summed E-state index contributed by atoms with van der Waals surface area (Å²) in [5.74, 6) is -0.898. The molecule has 2 bridgehead atoms. The molecule has 180 valence electrons. The lowest BCUT2D eigenvalue weighted by Gasteiger charge is -2.13. The van der Waals surface area contributed by atoms with E-state index in [0.717, 1.165) is 11.4 Å². The van der Waals surface area contributed by atoms with Crippen molar-refractivity contribution >= 4 is 29.6 Å². The molecule has 0 aromatic heterocycles. The molecule has 0 radical (unpaired) electrons. The van der Waals surface area contributed by atoms with E-state index in [0.29, 0.717) is 29.4 Å². The van der Waals surface area contributed by atoms with Crippen molar-refractivity contribution in [2.45, 2.75) is 13.3 Å². The van der Waals surface area contributed by atoms with E-state index in [2.05, 4.69) is 10.4 Å². The van der Waals surface area contributed by atoms with E-state index in [1.54, 1.807) is 18.2 Å². The average molecular weight is 477 g/mol. The highest BCUT2D eigenvalue weighted by atomic mass is 19.1. The molecular formula is C26H24FN3O5. The molecule has 4 unspecified atom stereocenters. The smallest absolute Gasteiger partial charge is 0.262 e. The van der Waals surface area contributed by atoms with Crippen molar-refractivity contribution < 1.29 is 28.2 Å². The summed E-state index contributed by atoms with van der Waals surface area (Å²) in [4.78, 5) is 37.8. The Labute approximate surface area is 201 Å². The van der Waals surface area contributed by atoms with E-state index >= 15 is 0 Å². The van der Waals surface area contributed by atoms with Crippen LogP contribution in [0.25, 0.3) is 0 Å². The predicted molar refractivity (Wildman–Crippen MR) is 125 cm³/mol. The quantitative estimate of drug-likeness (QED) is 0.357. The first-order valence-corrected chi connectivity index (χ1v) is 11.5. The second-order valence-corrected chi connectivity index (χ2v) is 8.72. The zero-order valence-corrected chi connectivity index (χ0v) is 19.0. The van der Waals surface area contributed by atoms with Gasteiger partial charge in [0.1, 0.15) is 5.82 Å². The highest BCUT2D eigenvalue weighted by Crippen LogP contribution is 2.52. The minimum absolute atomic E-state index is 0.128. The van der Waals surface area contributed by atoms with Crippen LogP contribution >= 0.6 is 0 Å². The summed E-state index contributed by atoms with van der Waals surface area (Å²) >= 11 is 0. The number of allylic oxidation sites excluding steroid dienone is 2. The minimum Gasteiger partial charge on any atom is -0.490 e. The number of ether oxygens (including phenoxy) is 2. The molecule has 35 heavy (non-hydrogen) atoms. The van der Waals surface area contributed by atoms with Crippen LogP contribution in [0.4, 0.5) is 10.1 Å². The Morgan fingerprint density at radius 2 is 1.74 bits per heavy atom. The lowest BCUT2D eigenvalue weighted by atomic mass is 9.85. The molecule has 4 atom stereocenters. The molecule has 2 aromatic carbocycles. The van der Waals surface area contributed by atoms with Crippen LogP contribution in [0.2, 0.25) is 0 Å². The minimum atomic E-state index is -0.412. The van der Waals surface area contributed by atoms with Gasteiger partial charge in [-0.15, -0.1) is 0 Å². The molecule has 2 fully saturated rings. The van der Waals surface area contributed by atoms with Gasteiger partial charge in [-0.3, -0.25) is 14.4 Å². The number of carbonyl (C=O) groups excluding carboxylic acids is 3. The summed E-state index contributed by atoms with van der Waals surface area (Å²) in [6, 6.07) is 10.4. The van der Waals surface area contributed by atoms with Gasteiger partial charge >= 0.3 is 0 Å². The van der Waals surface area contributed by atoms with Crippen LogP contribution in [0.1, 0.15) is 18.9 Å². The SMILES string of the molecule is CCOc1cc(C=NN2C(=O)C3C4C=CC(C4)C3C2=O)ccc1OCC(=O)Nc1ccc(F)cc1. The summed E-state index contributed by atoms with van der Waals surface area (Å²) in [6.45, 7) is 1.90. The highest BCUT2D eigenvalue weighted by molar-refractivity contribution is 6.06. The largest absolute Gasteiger partial charge is 0.490 e. The van der Waals surface area contributed by atoms with Crippen molar-refractivity contribution in [1.82, 2.24) is 5.01 Å². The summed E-state index contributed by atoms with van der Waals surface area (Å²) in [7, 11) is 0. The fourth-order valence-corrected chi connectivity index (χ4v) is 4.99. The number of halogens is 1. The van der Waals surface area contributed by atoms with Crippen molar-refractivity contribution in [3.05, 3.63) is 66.0 Å². The number of hydrogen-bond donors (Lipinski definition) is 1. The molecule has 3 amide bonds. The van der Waals surface area contributed by atoms with Gasteiger partial charge in [0.05, 0.1) is 24.7 Å². The lowest BCUT2D eigenvalue weighted by Crippen LogP contribution is -2.28. The fraction of sp³-hybridized carbons (Fsp3) is 0.308. The molecule has 8 nitrogen and oxygen atoms in total. The van der Waals surface area contributed by atoms with Crippen LogP contribution in [0.3, 0.4) is 0 Å². The molecule has 2 aromatic rings.